The van der Waals surface area contributed by atoms with Gasteiger partial charge < -0.3 is 0 Å². The Balaban J connectivity index is 0.000000400. The van der Waals surface area contributed by atoms with E-state index < -0.39 is 59.7 Å². The van der Waals surface area contributed by atoms with E-state index in [-0.39, 0.29) is 49.5 Å². The summed E-state index contributed by atoms with van der Waals surface area (Å²) in [4.78, 5) is 49.1. The average molecular weight is 896 g/mol. The molecule has 0 saturated heterocycles. The Morgan fingerprint density at radius 3 is 0.780 bits per heavy atom. The second-order valence-electron chi connectivity index (χ2n) is 12.0. The van der Waals surface area contributed by atoms with Gasteiger partial charge in [-0.3, -0.25) is 60.9 Å². The zero-order chi connectivity index (χ0) is 43.1. The molecule has 59 heavy (non-hydrogen) atoms. The molecule has 12 nitrogen and oxygen atoms in total. The Hall–Kier alpha value is -4.96. The van der Waals surface area contributed by atoms with Crippen LogP contribution in [0.2, 0.25) is 0 Å². The smallest absolute Gasteiger partial charge is 0.277 e. The average Bonchev–Trinajstić information content (AvgIpc) is 3.16. The number of nitrogens with zero attached hydrogens (tertiary/aromatic N) is 4. The summed E-state index contributed by atoms with van der Waals surface area (Å²) in [6, 6.07) is 22.4. The number of rotatable bonds is 8. The van der Waals surface area contributed by atoms with E-state index in [0.29, 0.717) is 22.3 Å². The molecule has 304 valence electrons. The molecule has 0 spiro atoms. The third kappa shape index (κ3) is 16.7. The van der Waals surface area contributed by atoms with E-state index in [1.807, 2.05) is 0 Å². The van der Waals surface area contributed by atoms with Crippen LogP contribution >= 0.6 is 48.9 Å². The summed E-state index contributed by atoms with van der Waals surface area (Å²) in [6.07, 6.45) is -1.02. The van der Waals surface area contributed by atoms with E-state index in [1.165, 1.54) is 121 Å². The summed E-state index contributed by atoms with van der Waals surface area (Å²) in [5.41, 5.74) is 11.4. The van der Waals surface area contributed by atoms with Crippen LogP contribution in [0.1, 0.15) is 35.1 Å². The number of benzene rings is 4. The maximum atomic E-state index is 13.3. The quantitative estimate of drug-likeness (QED) is 0.0676. The Morgan fingerprint density at radius 2 is 0.610 bits per heavy atom. The number of halogens is 4. The molecule has 21 heteroatoms. The molecule has 4 aromatic carbocycles. The summed E-state index contributed by atoms with van der Waals surface area (Å²) >= 11 is 20.8. The van der Waals surface area contributed by atoms with Crippen molar-refractivity contribution in [2.45, 2.75) is 12.8 Å². The minimum Gasteiger partial charge on any atom is -0.277 e. The molecular weight excluding hydrogens is 860 g/mol. The first-order valence-corrected chi connectivity index (χ1v) is 18.3. The molecule has 4 rings (SSSR count). The molecule has 0 saturated carbocycles. The third-order valence-electron chi connectivity index (χ3n) is 7.32. The van der Waals surface area contributed by atoms with Crippen LogP contribution in [0.25, 0.3) is 0 Å². The van der Waals surface area contributed by atoms with Gasteiger partial charge in [0.2, 0.25) is 23.6 Å². The Labute approximate surface area is 381 Å². The van der Waals surface area contributed by atoms with Crippen molar-refractivity contribution in [3.05, 3.63) is 143 Å². The van der Waals surface area contributed by atoms with Crippen molar-refractivity contribution in [2.24, 2.45) is 0 Å². The van der Waals surface area contributed by atoms with E-state index in [4.69, 9.17) is 48.9 Å². The van der Waals surface area contributed by atoms with Crippen LogP contribution in [0.3, 0.4) is 0 Å². The Morgan fingerprint density at radius 1 is 0.424 bits per heavy atom. The van der Waals surface area contributed by atoms with Crippen molar-refractivity contribution in [1.29, 1.82) is 0 Å². The number of hydrazine groups is 4. The SMILES string of the molecule is CN(NC(=O)CC(=O)NN(C)C(=S)c1cccc(F)c1)C(=S)c1cccc(F)c1.CN(NC(=O)CC(=O)NN(C)C(=S)c1cccc(F)c1)C(=S)c1cccc(F)c1.[Na+]. The monoisotopic (exact) mass is 895 g/mol. The number of carbonyl (C=O) groups excluding carboxylic acids is 4. The van der Waals surface area contributed by atoms with Crippen molar-refractivity contribution in [2.75, 3.05) is 28.2 Å². The normalized spacial score (nSPS) is 9.90. The molecule has 0 fully saturated rings. The number of thiocarbonyl (C=S) groups is 4. The van der Waals surface area contributed by atoms with Crippen molar-refractivity contribution >= 4 is 92.5 Å². The molecule has 0 radical (unpaired) electrons. The fourth-order valence-corrected chi connectivity index (χ4v) is 5.35. The first-order valence-electron chi connectivity index (χ1n) is 16.7. The van der Waals surface area contributed by atoms with Crippen LogP contribution in [0.5, 0.6) is 0 Å². The molecule has 0 atom stereocenters. The number of carbonyl (C=O) groups is 4. The number of hydrogen-bond acceptors (Lipinski definition) is 8. The minimum atomic E-state index is -0.631. The zero-order valence-electron chi connectivity index (χ0n) is 32.2. The topological polar surface area (TPSA) is 129 Å². The molecule has 0 unspecified atom stereocenters. The minimum absolute atomic E-state index is 0. The summed E-state index contributed by atoms with van der Waals surface area (Å²) in [6.45, 7) is 0. The van der Waals surface area contributed by atoms with Gasteiger partial charge in [-0.15, -0.1) is 0 Å². The number of nitrogens with one attached hydrogen (secondary N) is 4. The Kier molecular flexibility index (Phi) is 20.6. The van der Waals surface area contributed by atoms with Gasteiger partial charge in [0.15, 0.2) is 0 Å². The molecular formula is C38H36F4N8NaO4S4+. The number of amides is 4. The van der Waals surface area contributed by atoms with Gasteiger partial charge in [-0.1, -0.05) is 97.4 Å². The summed E-state index contributed by atoms with van der Waals surface area (Å²) in [5.74, 6) is -4.35. The second-order valence-corrected chi connectivity index (χ2v) is 13.5. The molecule has 4 aromatic rings. The van der Waals surface area contributed by atoms with Crippen LogP contribution in [0, 0.1) is 23.3 Å². The fraction of sp³-hybridized carbons (Fsp3) is 0.158. The second kappa shape index (κ2) is 24.2. The van der Waals surface area contributed by atoms with Gasteiger partial charge in [-0.2, -0.15) is 0 Å². The zero-order valence-corrected chi connectivity index (χ0v) is 37.5. The van der Waals surface area contributed by atoms with Gasteiger partial charge in [0.1, 0.15) is 56.1 Å². The van der Waals surface area contributed by atoms with Gasteiger partial charge in [-0.05, 0) is 48.5 Å². The maximum absolute atomic E-state index is 13.3. The van der Waals surface area contributed by atoms with Gasteiger partial charge in [0.05, 0.1) is 0 Å². The molecule has 0 aliphatic rings. The summed E-state index contributed by atoms with van der Waals surface area (Å²) in [5, 5.41) is 4.89. The predicted octanol–water partition coefficient (Wildman–Crippen LogP) is 1.67. The first kappa shape index (κ1) is 50.2. The predicted molar refractivity (Wildman–Crippen MR) is 225 cm³/mol. The van der Waals surface area contributed by atoms with E-state index in [2.05, 4.69) is 21.7 Å². The van der Waals surface area contributed by atoms with E-state index in [0.717, 1.165) is 0 Å². The van der Waals surface area contributed by atoms with Crippen LogP contribution in [-0.2, 0) is 19.2 Å². The van der Waals surface area contributed by atoms with Gasteiger partial charge in [-0.25, -0.2) is 17.6 Å². The van der Waals surface area contributed by atoms with E-state index in [9.17, 15) is 36.7 Å². The standard InChI is InChI=1S/2C19H18F2N4O2S2.Na/c2*1-24(18(28)12-5-3-7-14(20)9-12)22-16(26)11-17(27)23-25(2)19(29)13-6-4-8-15(21)10-13;/h2*3-10H,11H2,1-2H3,(H,22,26)(H,23,27);/q;;+1. The van der Waals surface area contributed by atoms with Crippen molar-refractivity contribution in [3.8, 4) is 0 Å². The van der Waals surface area contributed by atoms with Crippen LogP contribution < -0.4 is 51.3 Å². The molecule has 4 N–H and O–H groups in total. The first-order chi connectivity index (χ1) is 27.3. The van der Waals surface area contributed by atoms with Gasteiger partial charge in [0, 0.05) is 50.4 Å². The summed E-state index contributed by atoms with van der Waals surface area (Å²) < 4.78 is 53.2. The van der Waals surface area contributed by atoms with Gasteiger partial charge >= 0.3 is 29.6 Å². The van der Waals surface area contributed by atoms with Crippen molar-refractivity contribution in [1.82, 2.24) is 41.7 Å². The molecule has 0 bridgehead atoms. The van der Waals surface area contributed by atoms with Crippen molar-refractivity contribution < 1.29 is 66.3 Å². The maximum Gasteiger partial charge on any atom is 1.00 e. The molecule has 0 aliphatic carbocycles. The Bertz CT molecular complexity index is 1920. The third-order valence-corrected chi connectivity index (χ3v) is 9.35. The number of hydrogen-bond donors (Lipinski definition) is 4. The van der Waals surface area contributed by atoms with Crippen LogP contribution in [0.15, 0.2) is 97.1 Å². The largest absolute Gasteiger partial charge is 1.00 e. The molecule has 0 aromatic heterocycles. The van der Waals surface area contributed by atoms with Crippen LogP contribution in [-0.4, -0.2) is 91.8 Å². The fourth-order valence-electron chi connectivity index (χ4n) is 4.66. The molecule has 0 aliphatic heterocycles. The summed E-state index contributed by atoms with van der Waals surface area (Å²) in [7, 11) is 5.92. The van der Waals surface area contributed by atoms with Gasteiger partial charge in [0.25, 0.3) is 0 Å². The van der Waals surface area contributed by atoms with E-state index in [1.54, 1.807) is 24.3 Å². The molecule has 4 amide bonds. The van der Waals surface area contributed by atoms with Crippen molar-refractivity contribution in [3.63, 3.8) is 0 Å². The van der Waals surface area contributed by atoms with E-state index >= 15 is 0 Å². The molecule has 0 heterocycles. The van der Waals surface area contributed by atoms with Crippen LogP contribution in [0.4, 0.5) is 17.6 Å².